The predicted octanol–water partition coefficient (Wildman–Crippen LogP) is 2.43. The zero-order valence-electron chi connectivity index (χ0n) is 13.3. The van der Waals surface area contributed by atoms with Crippen LogP contribution in [0.4, 0.5) is 0 Å². The Morgan fingerprint density at radius 2 is 1.72 bits per heavy atom. The minimum atomic E-state index is 0.675. The molecule has 0 fully saturated rings. The molecule has 18 heavy (non-hydrogen) atoms. The van der Waals surface area contributed by atoms with Gasteiger partial charge in [-0.25, -0.2) is 0 Å². The molecule has 0 spiro atoms. The molecule has 0 amide bonds. The maximum Gasteiger partial charge on any atom is 0.0194 e. The normalized spacial score (nSPS) is 13.5. The lowest BCUT2D eigenvalue weighted by Crippen LogP contribution is -2.42. The minimum absolute atomic E-state index is 0.675. The lowest BCUT2D eigenvalue weighted by molar-refractivity contribution is 0.233. The molecule has 0 radical (unpaired) electrons. The summed E-state index contributed by atoms with van der Waals surface area (Å²) in [5, 5.41) is 3.68. The van der Waals surface area contributed by atoms with E-state index in [9.17, 15) is 0 Å². The van der Waals surface area contributed by atoms with E-state index in [2.05, 4.69) is 50.0 Å². The van der Waals surface area contributed by atoms with Crippen LogP contribution in [0.5, 0.6) is 0 Å². The fourth-order valence-corrected chi connectivity index (χ4v) is 2.26. The molecule has 0 rings (SSSR count). The van der Waals surface area contributed by atoms with Gasteiger partial charge in [-0.3, -0.25) is 0 Å². The highest BCUT2D eigenvalue weighted by Crippen LogP contribution is 2.02. The Labute approximate surface area is 115 Å². The van der Waals surface area contributed by atoms with Gasteiger partial charge in [0.2, 0.25) is 0 Å². The van der Waals surface area contributed by atoms with Crippen LogP contribution in [0.15, 0.2) is 0 Å². The van der Waals surface area contributed by atoms with Crippen molar-refractivity contribution in [3.05, 3.63) is 0 Å². The molecular weight excluding hydrogens is 222 g/mol. The van der Waals surface area contributed by atoms with Crippen molar-refractivity contribution in [2.24, 2.45) is 0 Å². The van der Waals surface area contributed by atoms with Crippen LogP contribution in [0.1, 0.15) is 46.5 Å². The molecule has 0 aliphatic rings. The second-order valence-electron chi connectivity index (χ2n) is 5.49. The fraction of sp³-hybridized carbons (Fsp3) is 1.00. The first kappa shape index (κ1) is 17.9. The van der Waals surface area contributed by atoms with Crippen LogP contribution in [0, 0.1) is 0 Å². The second kappa shape index (κ2) is 11.9. The molecule has 0 bridgehead atoms. The topological polar surface area (TPSA) is 18.5 Å². The quantitative estimate of drug-likeness (QED) is 0.579. The maximum atomic E-state index is 3.68. The van der Waals surface area contributed by atoms with E-state index < -0.39 is 0 Å². The van der Waals surface area contributed by atoms with Gasteiger partial charge in [-0.15, -0.1) is 0 Å². The summed E-state index contributed by atoms with van der Waals surface area (Å²) in [6.45, 7) is 12.7. The summed E-state index contributed by atoms with van der Waals surface area (Å²) < 4.78 is 0. The summed E-state index contributed by atoms with van der Waals surface area (Å²) in [7, 11) is 4.30. The summed E-state index contributed by atoms with van der Waals surface area (Å²) in [5.41, 5.74) is 0. The van der Waals surface area contributed by atoms with Gasteiger partial charge in [-0.05, 0) is 59.5 Å². The fourth-order valence-electron chi connectivity index (χ4n) is 2.26. The first-order valence-electron chi connectivity index (χ1n) is 7.74. The first-order valence-corrected chi connectivity index (χ1v) is 7.74. The Morgan fingerprint density at radius 1 is 1.00 bits per heavy atom. The molecule has 1 atom stereocenters. The molecule has 0 aliphatic heterocycles. The van der Waals surface area contributed by atoms with E-state index in [0.29, 0.717) is 6.04 Å². The molecule has 0 aliphatic carbocycles. The highest BCUT2D eigenvalue weighted by Gasteiger charge is 2.11. The third kappa shape index (κ3) is 9.86. The summed E-state index contributed by atoms with van der Waals surface area (Å²) in [6.07, 6.45) is 5.07. The smallest absolute Gasteiger partial charge is 0.0194 e. The molecular formula is C15H35N3. The Kier molecular flexibility index (Phi) is 11.9. The average Bonchev–Trinajstić information content (AvgIpc) is 2.34. The number of nitrogens with zero attached hydrogens (tertiary/aromatic N) is 2. The predicted molar refractivity (Wildman–Crippen MR) is 82.3 cm³/mol. The van der Waals surface area contributed by atoms with Crippen LogP contribution in [0.2, 0.25) is 0 Å². The minimum Gasteiger partial charge on any atom is -0.313 e. The monoisotopic (exact) mass is 257 g/mol. The van der Waals surface area contributed by atoms with E-state index in [1.54, 1.807) is 0 Å². The third-order valence-corrected chi connectivity index (χ3v) is 3.33. The highest BCUT2D eigenvalue weighted by atomic mass is 15.1. The van der Waals surface area contributed by atoms with Gasteiger partial charge in [0.25, 0.3) is 0 Å². The number of hydrogen-bond acceptors (Lipinski definition) is 3. The molecule has 3 nitrogen and oxygen atoms in total. The molecule has 1 unspecified atom stereocenters. The van der Waals surface area contributed by atoms with Crippen molar-refractivity contribution in [3.63, 3.8) is 0 Å². The zero-order valence-corrected chi connectivity index (χ0v) is 13.3. The lowest BCUT2D eigenvalue weighted by Gasteiger charge is -2.27. The Balaban J connectivity index is 3.94. The summed E-state index contributed by atoms with van der Waals surface area (Å²) in [4.78, 5) is 4.86. The van der Waals surface area contributed by atoms with Crippen molar-refractivity contribution in [2.45, 2.75) is 52.5 Å². The van der Waals surface area contributed by atoms with E-state index >= 15 is 0 Å². The van der Waals surface area contributed by atoms with Gasteiger partial charge < -0.3 is 15.1 Å². The molecule has 0 aromatic rings. The van der Waals surface area contributed by atoms with Crippen molar-refractivity contribution < 1.29 is 0 Å². The van der Waals surface area contributed by atoms with E-state index in [1.165, 1.54) is 51.9 Å². The van der Waals surface area contributed by atoms with E-state index in [4.69, 9.17) is 0 Å². The number of nitrogens with one attached hydrogen (secondary N) is 1. The number of likely N-dealkylation sites (N-methyl/N-ethyl adjacent to an activating group) is 1. The molecule has 110 valence electrons. The van der Waals surface area contributed by atoms with E-state index in [-0.39, 0.29) is 0 Å². The van der Waals surface area contributed by atoms with Crippen molar-refractivity contribution >= 4 is 0 Å². The summed E-state index contributed by atoms with van der Waals surface area (Å²) in [6, 6.07) is 0.675. The Hall–Kier alpha value is -0.120. The summed E-state index contributed by atoms with van der Waals surface area (Å²) in [5.74, 6) is 0. The molecule has 0 saturated heterocycles. The standard InChI is InChI=1S/C15H35N3/c1-6-10-15(16-11-7-2)14-18(8-3)13-9-12-17(4)5/h15-16H,6-14H2,1-5H3. The van der Waals surface area contributed by atoms with Gasteiger partial charge in [0.05, 0.1) is 0 Å². The third-order valence-electron chi connectivity index (χ3n) is 3.33. The lowest BCUT2D eigenvalue weighted by atomic mass is 10.1. The molecule has 1 N–H and O–H groups in total. The second-order valence-corrected chi connectivity index (χ2v) is 5.49. The first-order chi connectivity index (χ1) is 8.63. The van der Waals surface area contributed by atoms with Crippen LogP contribution in [0.25, 0.3) is 0 Å². The largest absolute Gasteiger partial charge is 0.313 e. The molecule has 0 aromatic carbocycles. The van der Waals surface area contributed by atoms with E-state index in [0.717, 1.165) is 6.54 Å². The van der Waals surface area contributed by atoms with Gasteiger partial charge in [-0.2, -0.15) is 0 Å². The van der Waals surface area contributed by atoms with Gasteiger partial charge in [-0.1, -0.05) is 27.2 Å². The van der Waals surface area contributed by atoms with Crippen molar-refractivity contribution in [1.82, 2.24) is 15.1 Å². The van der Waals surface area contributed by atoms with Gasteiger partial charge in [0, 0.05) is 12.6 Å². The Morgan fingerprint density at radius 3 is 2.22 bits per heavy atom. The van der Waals surface area contributed by atoms with Crippen molar-refractivity contribution in [3.8, 4) is 0 Å². The maximum absolute atomic E-state index is 3.68. The molecule has 0 heterocycles. The zero-order chi connectivity index (χ0) is 13.8. The van der Waals surface area contributed by atoms with Crippen LogP contribution >= 0.6 is 0 Å². The van der Waals surface area contributed by atoms with Gasteiger partial charge >= 0.3 is 0 Å². The average molecular weight is 257 g/mol. The van der Waals surface area contributed by atoms with Crippen molar-refractivity contribution in [2.75, 3.05) is 46.8 Å². The van der Waals surface area contributed by atoms with Crippen LogP contribution < -0.4 is 5.32 Å². The van der Waals surface area contributed by atoms with Crippen LogP contribution in [-0.2, 0) is 0 Å². The molecule has 0 saturated carbocycles. The van der Waals surface area contributed by atoms with Crippen molar-refractivity contribution in [1.29, 1.82) is 0 Å². The Bertz CT molecular complexity index is 171. The number of hydrogen-bond donors (Lipinski definition) is 1. The van der Waals surface area contributed by atoms with Gasteiger partial charge in [0.15, 0.2) is 0 Å². The number of rotatable bonds is 12. The van der Waals surface area contributed by atoms with E-state index in [1.807, 2.05) is 0 Å². The molecule has 3 heteroatoms. The SMILES string of the molecule is CCCNC(CCC)CN(CC)CCCN(C)C. The van der Waals surface area contributed by atoms with Gasteiger partial charge in [0.1, 0.15) is 0 Å². The van der Waals surface area contributed by atoms with Crippen LogP contribution in [-0.4, -0.2) is 62.7 Å². The highest BCUT2D eigenvalue weighted by molar-refractivity contribution is 4.71. The van der Waals surface area contributed by atoms with Crippen LogP contribution in [0.3, 0.4) is 0 Å². The molecule has 0 aromatic heterocycles. The summed E-state index contributed by atoms with van der Waals surface area (Å²) >= 11 is 0.